The van der Waals surface area contributed by atoms with E-state index in [1.807, 2.05) is 29.8 Å². The van der Waals surface area contributed by atoms with Gasteiger partial charge in [0.25, 0.3) is 0 Å². The number of hydrogen-bond acceptors (Lipinski definition) is 3. The Hall–Kier alpha value is -2.23. The average molecular weight is 269 g/mol. The van der Waals surface area contributed by atoms with Crippen LogP contribution in [0.3, 0.4) is 0 Å². The highest BCUT2D eigenvalue weighted by atomic mass is 16.3. The maximum absolute atomic E-state index is 6.09. The van der Waals surface area contributed by atoms with Crippen LogP contribution in [0.15, 0.2) is 34.9 Å². The predicted molar refractivity (Wildman–Crippen MR) is 80.8 cm³/mol. The largest absolute Gasteiger partial charge is 0.458 e. The van der Waals surface area contributed by atoms with Crippen molar-refractivity contribution >= 4 is 16.8 Å². The van der Waals surface area contributed by atoms with Crippen LogP contribution < -0.4 is 5.73 Å². The number of para-hydroxylation sites is 1. The highest BCUT2D eigenvalue weighted by Crippen LogP contribution is 2.33. The molecule has 4 heteroatoms. The molecule has 0 aliphatic heterocycles. The zero-order chi connectivity index (χ0) is 14.3. The van der Waals surface area contributed by atoms with E-state index >= 15 is 0 Å². The van der Waals surface area contributed by atoms with Crippen LogP contribution in [-0.4, -0.2) is 9.78 Å². The van der Waals surface area contributed by atoms with Gasteiger partial charge in [-0.2, -0.15) is 5.10 Å². The molecule has 2 aromatic heterocycles. The first-order valence-corrected chi connectivity index (χ1v) is 6.93. The Labute approximate surface area is 118 Å². The molecule has 1 unspecified atom stereocenters. The molecule has 0 saturated heterocycles. The molecule has 0 fully saturated rings. The van der Waals surface area contributed by atoms with Crippen molar-refractivity contribution in [3.05, 3.63) is 47.3 Å². The second kappa shape index (κ2) is 4.71. The van der Waals surface area contributed by atoms with Crippen molar-refractivity contribution in [1.82, 2.24) is 9.78 Å². The number of furan rings is 1. The number of aromatic nitrogens is 2. The number of nitrogens with two attached hydrogens (primary N) is 1. The van der Waals surface area contributed by atoms with Crippen LogP contribution in [-0.2, 0) is 6.42 Å². The Morgan fingerprint density at radius 1 is 1.35 bits per heavy atom. The standard InChI is InChI=1S/C16H19N3O/c1-4-12-13-7-5-6-8-14(13)20-15(12)11(3)19-16(17)10(2)9-18-19/h5-9,11H,4,17H2,1-3H3. The third-order valence-corrected chi connectivity index (χ3v) is 3.86. The summed E-state index contributed by atoms with van der Waals surface area (Å²) in [5, 5.41) is 5.55. The van der Waals surface area contributed by atoms with Crippen molar-refractivity contribution in [2.24, 2.45) is 0 Å². The van der Waals surface area contributed by atoms with Gasteiger partial charge in [0.1, 0.15) is 23.2 Å². The summed E-state index contributed by atoms with van der Waals surface area (Å²) in [4.78, 5) is 0. The average Bonchev–Trinajstić information content (AvgIpc) is 2.99. The zero-order valence-corrected chi connectivity index (χ0v) is 12.1. The van der Waals surface area contributed by atoms with E-state index in [2.05, 4.69) is 25.0 Å². The van der Waals surface area contributed by atoms with E-state index in [1.165, 1.54) is 10.9 Å². The first-order valence-electron chi connectivity index (χ1n) is 6.93. The van der Waals surface area contributed by atoms with Crippen LogP contribution in [0.4, 0.5) is 5.82 Å². The quantitative estimate of drug-likeness (QED) is 0.789. The van der Waals surface area contributed by atoms with Crippen molar-refractivity contribution in [3.8, 4) is 0 Å². The van der Waals surface area contributed by atoms with Crippen LogP contribution in [0.1, 0.15) is 36.8 Å². The second-order valence-corrected chi connectivity index (χ2v) is 5.13. The third kappa shape index (κ3) is 1.80. The van der Waals surface area contributed by atoms with Gasteiger partial charge in [-0.3, -0.25) is 0 Å². The van der Waals surface area contributed by atoms with Crippen molar-refractivity contribution in [1.29, 1.82) is 0 Å². The van der Waals surface area contributed by atoms with Gasteiger partial charge >= 0.3 is 0 Å². The van der Waals surface area contributed by atoms with Crippen molar-refractivity contribution in [2.45, 2.75) is 33.2 Å². The molecule has 1 aromatic carbocycles. The molecule has 3 aromatic rings. The number of aryl methyl sites for hydroxylation is 2. The maximum atomic E-state index is 6.09. The lowest BCUT2D eigenvalue weighted by molar-refractivity contribution is 0.444. The first kappa shape index (κ1) is 12.8. The molecule has 0 spiro atoms. The minimum atomic E-state index is -0.00829. The van der Waals surface area contributed by atoms with Crippen LogP contribution in [0.5, 0.6) is 0 Å². The normalized spacial score (nSPS) is 12.9. The highest BCUT2D eigenvalue weighted by Gasteiger charge is 2.21. The van der Waals surface area contributed by atoms with Gasteiger partial charge in [-0.15, -0.1) is 0 Å². The topological polar surface area (TPSA) is 57.0 Å². The number of nitrogens with zero attached hydrogens (tertiary/aromatic N) is 2. The summed E-state index contributed by atoms with van der Waals surface area (Å²) in [7, 11) is 0. The molecule has 2 N–H and O–H groups in total. The molecule has 0 radical (unpaired) electrons. The smallest absolute Gasteiger partial charge is 0.134 e. The number of nitrogen functional groups attached to an aromatic ring is 1. The van der Waals surface area contributed by atoms with Gasteiger partial charge in [-0.25, -0.2) is 4.68 Å². The number of rotatable bonds is 3. The Kier molecular flexibility index (Phi) is 3.01. The van der Waals surface area contributed by atoms with E-state index < -0.39 is 0 Å². The van der Waals surface area contributed by atoms with E-state index in [0.717, 1.165) is 23.3 Å². The first-order chi connectivity index (χ1) is 9.63. The molecular weight excluding hydrogens is 250 g/mol. The fourth-order valence-electron chi connectivity index (χ4n) is 2.70. The van der Waals surface area contributed by atoms with Gasteiger partial charge in [0.2, 0.25) is 0 Å². The van der Waals surface area contributed by atoms with Crippen LogP contribution >= 0.6 is 0 Å². The van der Waals surface area contributed by atoms with Crippen LogP contribution in [0, 0.1) is 6.92 Å². The Bertz CT molecular complexity index is 754. The molecular formula is C16H19N3O. The maximum Gasteiger partial charge on any atom is 0.134 e. The molecule has 3 rings (SSSR count). The van der Waals surface area contributed by atoms with E-state index in [9.17, 15) is 0 Å². The molecule has 0 amide bonds. The SMILES string of the molecule is CCc1c(C(C)n2ncc(C)c2N)oc2ccccc12. The van der Waals surface area contributed by atoms with Gasteiger partial charge in [0.05, 0.1) is 6.20 Å². The molecule has 104 valence electrons. The van der Waals surface area contributed by atoms with Crippen molar-refractivity contribution < 1.29 is 4.42 Å². The van der Waals surface area contributed by atoms with Crippen molar-refractivity contribution in [2.75, 3.05) is 5.73 Å². The minimum Gasteiger partial charge on any atom is -0.458 e. The number of hydrogen-bond donors (Lipinski definition) is 1. The second-order valence-electron chi connectivity index (χ2n) is 5.13. The van der Waals surface area contributed by atoms with Gasteiger partial charge in [-0.1, -0.05) is 25.1 Å². The minimum absolute atomic E-state index is 0.00829. The van der Waals surface area contributed by atoms with Gasteiger partial charge < -0.3 is 10.2 Å². The van der Waals surface area contributed by atoms with Crippen LogP contribution in [0.25, 0.3) is 11.0 Å². The molecule has 1 atom stereocenters. The number of benzene rings is 1. The van der Waals surface area contributed by atoms with Crippen molar-refractivity contribution in [3.63, 3.8) is 0 Å². The van der Waals surface area contributed by atoms with E-state index in [0.29, 0.717) is 5.82 Å². The fraction of sp³-hybridized carbons (Fsp3) is 0.312. The highest BCUT2D eigenvalue weighted by molar-refractivity contribution is 5.82. The number of anilines is 1. The number of fused-ring (bicyclic) bond motifs is 1. The van der Waals surface area contributed by atoms with Crippen LogP contribution in [0.2, 0.25) is 0 Å². The molecule has 4 nitrogen and oxygen atoms in total. The molecule has 0 saturated carbocycles. The summed E-state index contributed by atoms with van der Waals surface area (Å²) in [6.45, 7) is 6.18. The Morgan fingerprint density at radius 2 is 2.10 bits per heavy atom. The molecule has 20 heavy (non-hydrogen) atoms. The fourth-order valence-corrected chi connectivity index (χ4v) is 2.70. The Morgan fingerprint density at radius 3 is 2.75 bits per heavy atom. The lowest BCUT2D eigenvalue weighted by Gasteiger charge is -2.13. The predicted octanol–water partition coefficient (Wildman–Crippen LogP) is 3.69. The van der Waals surface area contributed by atoms with Gasteiger partial charge in [-0.05, 0) is 26.3 Å². The Balaban J connectivity index is 2.16. The summed E-state index contributed by atoms with van der Waals surface area (Å²) in [5.41, 5.74) is 9.24. The third-order valence-electron chi connectivity index (χ3n) is 3.86. The molecule has 0 aliphatic carbocycles. The summed E-state index contributed by atoms with van der Waals surface area (Å²) >= 11 is 0. The van der Waals surface area contributed by atoms with E-state index in [-0.39, 0.29) is 6.04 Å². The van der Waals surface area contributed by atoms with E-state index in [1.54, 1.807) is 6.20 Å². The summed E-state index contributed by atoms with van der Waals surface area (Å²) in [6.07, 6.45) is 2.72. The zero-order valence-electron chi connectivity index (χ0n) is 12.1. The monoisotopic (exact) mass is 269 g/mol. The molecule has 0 aliphatic rings. The molecule has 2 heterocycles. The lowest BCUT2D eigenvalue weighted by atomic mass is 10.1. The molecule has 0 bridgehead atoms. The van der Waals surface area contributed by atoms with Gasteiger partial charge in [0.15, 0.2) is 0 Å². The summed E-state index contributed by atoms with van der Waals surface area (Å²) < 4.78 is 7.88. The van der Waals surface area contributed by atoms with Gasteiger partial charge in [0, 0.05) is 16.5 Å². The summed E-state index contributed by atoms with van der Waals surface area (Å²) in [5.74, 6) is 1.64. The lowest BCUT2D eigenvalue weighted by Crippen LogP contribution is -2.12. The summed E-state index contributed by atoms with van der Waals surface area (Å²) in [6, 6.07) is 8.13. The van der Waals surface area contributed by atoms with E-state index in [4.69, 9.17) is 10.2 Å².